The molecule has 1 fully saturated rings. The highest BCUT2D eigenvalue weighted by molar-refractivity contribution is 14.0. The molecular formula is C18H34IN5OS. The topological polar surface area (TPSA) is 66.5 Å². The average molecular weight is 495 g/mol. The molecule has 26 heavy (non-hydrogen) atoms. The summed E-state index contributed by atoms with van der Waals surface area (Å²) in [5.74, 6) is 4.73. The Labute approximate surface area is 179 Å². The van der Waals surface area contributed by atoms with Gasteiger partial charge in [-0.3, -0.25) is 4.99 Å². The lowest BCUT2D eigenvalue weighted by molar-refractivity contribution is 0.368. The number of nitrogens with one attached hydrogen (secondary N) is 1. The number of halogens is 1. The first-order valence-electron chi connectivity index (χ1n) is 9.48. The van der Waals surface area contributed by atoms with Gasteiger partial charge in [-0.1, -0.05) is 32.9 Å². The molecule has 1 unspecified atom stereocenters. The van der Waals surface area contributed by atoms with Crippen LogP contribution in [0.1, 0.15) is 58.7 Å². The first-order valence-corrected chi connectivity index (χ1v) is 10.5. The minimum atomic E-state index is 0. The molecule has 1 saturated heterocycles. The second-order valence-electron chi connectivity index (χ2n) is 7.14. The monoisotopic (exact) mass is 495 g/mol. The van der Waals surface area contributed by atoms with Crippen molar-refractivity contribution >= 4 is 41.7 Å². The Kier molecular flexibility index (Phi) is 10.9. The third-order valence-corrected chi connectivity index (χ3v) is 5.82. The molecule has 150 valence electrons. The fourth-order valence-electron chi connectivity index (χ4n) is 2.72. The number of aliphatic imine (C=N–C) groups is 1. The van der Waals surface area contributed by atoms with E-state index in [1.54, 1.807) is 0 Å². The predicted octanol–water partition coefficient (Wildman–Crippen LogP) is 3.78. The molecule has 2 rings (SSSR count). The number of aromatic nitrogens is 2. The van der Waals surface area contributed by atoms with Crippen LogP contribution in [0.5, 0.6) is 0 Å². The van der Waals surface area contributed by atoms with E-state index in [-0.39, 0.29) is 24.0 Å². The van der Waals surface area contributed by atoms with Crippen LogP contribution < -0.4 is 5.32 Å². The molecule has 1 aliphatic heterocycles. The van der Waals surface area contributed by atoms with Crippen molar-refractivity contribution in [2.75, 3.05) is 31.9 Å². The van der Waals surface area contributed by atoms with Crippen LogP contribution in [0.2, 0.25) is 0 Å². The van der Waals surface area contributed by atoms with Gasteiger partial charge < -0.3 is 14.7 Å². The molecule has 1 atom stereocenters. The summed E-state index contributed by atoms with van der Waals surface area (Å²) in [6.07, 6.45) is 1.71. The van der Waals surface area contributed by atoms with Crippen LogP contribution in [0, 0.1) is 5.92 Å². The summed E-state index contributed by atoms with van der Waals surface area (Å²) in [5.41, 5.74) is 0. The smallest absolute Gasteiger partial charge is 0.226 e. The molecule has 1 aliphatic rings. The third kappa shape index (κ3) is 7.25. The molecule has 8 heteroatoms. The third-order valence-electron chi connectivity index (χ3n) is 4.28. The Balaban J connectivity index is 0.00000338. The Morgan fingerprint density at radius 1 is 1.38 bits per heavy atom. The van der Waals surface area contributed by atoms with Gasteiger partial charge in [0.05, 0.1) is 0 Å². The second kappa shape index (κ2) is 12.0. The van der Waals surface area contributed by atoms with Gasteiger partial charge in [-0.15, -0.1) is 24.0 Å². The number of nitrogens with zero attached hydrogens (tertiary/aromatic N) is 4. The lowest BCUT2D eigenvalue weighted by Gasteiger charge is -2.36. The minimum absolute atomic E-state index is 0. The zero-order valence-corrected chi connectivity index (χ0v) is 19.8. The maximum atomic E-state index is 5.30. The van der Waals surface area contributed by atoms with Crippen LogP contribution in [0.15, 0.2) is 9.52 Å². The fraction of sp³-hybridized carbons (Fsp3) is 0.833. The Morgan fingerprint density at radius 2 is 2.15 bits per heavy atom. The summed E-state index contributed by atoms with van der Waals surface area (Å²) in [7, 11) is 0. The van der Waals surface area contributed by atoms with Crippen LogP contribution in [0.25, 0.3) is 0 Å². The van der Waals surface area contributed by atoms with Gasteiger partial charge in [-0.25, -0.2) is 0 Å². The quantitative estimate of drug-likeness (QED) is 0.269. The van der Waals surface area contributed by atoms with Gasteiger partial charge in [0, 0.05) is 49.5 Å². The molecule has 1 aromatic heterocycles. The van der Waals surface area contributed by atoms with Crippen LogP contribution in [0.3, 0.4) is 0 Å². The van der Waals surface area contributed by atoms with Crippen molar-refractivity contribution in [1.82, 2.24) is 20.4 Å². The van der Waals surface area contributed by atoms with Crippen LogP contribution >= 0.6 is 35.7 Å². The van der Waals surface area contributed by atoms with Gasteiger partial charge in [0.1, 0.15) is 0 Å². The highest BCUT2D eigenvalue weighted by Gasteiger charge is 2.24. The van der Waals surface area contributed by atoms with Crippen molar-refractivity contribution in [2.24, 2.45) is 10.9 Å². The standard InChI is InChI=1S/C18H33N5OS.HI/c1-6-19-18(23-10-11-25-15(12-23)13(2)3)20-9-7-8-16-21-17(14(4)5)22-24-16;/h13-15H,6-12H2,1-5H3,(H,19,20);1H. The molecule has 0 saturated carbocycles. The van der Waals surface area contributed by atoms with E-state index in [1.807, 2.05) is 0 Å². The van der Waals surface area contributed by atoms with E-state index in [4.69, 9.17) is 9.52 Å². The highest BCUT2D eigenvalue weighted by atomic mass is 127. The molecule has 0 spiro atoms. The Hall–Kier alpha value is -0.510. The summed E-state index contributed by atoms with van der Waals surface area (Å²) in [5, 5.41) is 8.14. The number of rotatable bonds is 7. The number of aryl methyl sites for hydroxylation is 1. The highest BCUT2D eigenvalue weighted by Crippen LogP contribution is 2.24. The van der Waals surface area contributed by atoms with Crippen molar-refractivity contribution in [3.63, 3.8) is 0 Å². The Bertz CT molecular complexity index is 549. The number of guanidine groups is 1. The molecule has 1 N–H and O–H groups in total. The van der Waals surface area contributed by atoms with Crippen molar-refractivity contribution in [3.05, 3.63) is 11.7 Å². The number of hydrogen-bond acceptors (Lipinski definition) is 5. The van der Waals surface area contributed by atoms with Crippen molar-refractivity contribution in [2.45, 2.75) is 58.6 Å². The zero-order valence-electron chi connectivity index (χ0n) is 16.7. The first-order chi connectivity index (χ1) is 12.0. The molecule has 1 aromatic rings. The SMILES string of the molecule is CCNC(=NCCCc1nc(C(C)C)no1)N1CCSC(C(C)C)C1.I. The number of hydrogen-bond donors (Lipinski definition) is 1. The largest absolute Gasteiger partial charge is 0.357 e. The van der Waals surface area contributed by atoms with E-state index in [2.05, 4.69) is 66.7 Å². The molecule has 0 amide bonds. The second-order valence-corrected chi connectivity index (χ2v) is 8.49. The van der Waals surface area contributed by atoms with Gasteiger partial charge in [0.25, 0.3) is 0 Å². The minimum Gasteiger partial charge on any atom is -0.357 e. The maximum Gasteiger partial charge on any atom is 0.226 e. The van der Waals surface area contributed by atoms with Crippen LogP contribution in [-0.2, 0) is 6.42 Å². The fourth-order valence-corrected chi connectivity index (χ4v) is 4.02. The Morgan fingerprint density at radius 3 is 2.77 bits per heavy atom. The summed E-state index contributed by atoms with van der Waals surface area (Å²) >= 11 is 2.09. The number of thioether (sulfide) groups is 1. The van der Waals surface area contributed by atoms with Crippen LogP contribution in [0.4, 0.5) is 0 Å². The van der Waals surface area contributed by atoms with Crippen molar-refractivity contribution < 1.29 is 4.52 Å². The van der Waals surface area contributed by atoms with Crippen molar-refractivity contribution in [1.29, 1.82) is 0 Å². The molecule has 6 nitrogen and oxygen atoms in total. The van der Waals surface area contributed by atoms with Gasteiger partial charge in [0.2, 0.25) is 5.89 Å². The van der Waals surface area contributed by atoms with E-state index in [9.17, 15) is 0 Å². The zero-order chi connectivity index (χ0) is 18.2. The van der Waals surface area contributed by atoms with Crippen molar-refractivity contribution in [3.8, 4) is 0 Å². The van der Waals surface area contributed by atoms with Gasteiger partial charge >= 0.3 is 0 Å². The van der Waals surface area contributed by atoms with E-state index in [1.165, 1.54) is 5.75 Å². The molecule has 2 heterocycles. The van der Waals surface area contributed by atoms with Gasteiger partial charge in [0.15, 0.2) is 11.8 Å². The van der Waals surface area contributed by atoms with E-state index in [0.29, 0.717) is 17.1 Å². The molecule has 0 aromatic carbocycles. The van der Waals surface area contributed by atoms with E-state index >= 15 is 0 Å². The summed E-state index contributed by atoms with van der Waals surface area (Å²) < 4.78 is 5.30. The van der Waals surface area contributed by atoms with E-state index in [0.717, 1.165) is 56.7 Å². The summed E-state index contributed by atoms with van der Waals surface area (Å²) in [6.45, 7) is 14.7. The average Bonchev–Trinajstić information content (AvgIpc) is 3.07. The normalized spacial score (nSPS) is 18.3. The van der Waals surface area contributed by atoms with E-state index < -0.39 is 0 Å². The molecule has 0 bridgehead atoms. The predicted molar refractivity (Wildman–Crippen MR) is 121 cm³/mol. The van der Waals surface area contributed by atoms with Gasteiger partial charge in [-0.2, -0.15) is 16.7 Å². The summed E-state index contributed by atoms with van der Waals surface area (Å²) in [6, 6.07) is 0. The maximum absolute atomic E-state index is 5.30. The lowest BCUT2D eigenvalue weighted by Crippen LogP contribution is -2.49. The molecular weight excluding hydrogens is 461 g/mol. The first kappa shape index (κ1) is 23.5. The lowest BCUT2D eigenvalue weighted by atomic mass is 10.1. The summed E-state index contributed by atoms with van der Waals surface area (Å²) in [4.78, 5) is 11.7. The van der Waals surface area contributed by atoms with Gasteiger partial charge in [-0.05, 0) is 19.3 Å². The van der Waals surface area contributed by atoms with Crippen LogP contribution in [-0.4, -0.2) is 58.2 Å². The molecule has 0 radical (unpaired) electrons. The molecule has 0 aliphatic carbocycles.